The summed E-state index contributed by atoms with van der Waals surface area (Å²) in [5.41, 5.74) is -0.514. The molecule has 0 aliphatic heterocycles. The quantitative estimate of drug-likeness (QED) is 0.449. The van der Waals surface area contributed by atoms with Crippen LogP contribution in [-0.4, -0.2) is 22.0 Å². The van der Waals surface area contributed by atoms with E-state index >= 15 is 0 Å². The van der Waals surface area contributed by atoms with Gasteiger partial charge in [0.25, 0.3) is 5.91 Å². The molecule has 0 saturated carbocycles. The number of nitrogens with one attached hydrogen (secondary N) is 1. The highest BCUT2D eigenvalue weighted by Gasteiger charge is 2.39. The van der Waals surface area contributed by atoms with Gasteiger partial charge in [-0.25, -0.2) is 0 Å². The summed E-state index contributed by atoms with van der Waals surface area (Å²) in [7, 11) is 0. The third kappa shape index (κ3) is 3.63. The third-order valence-corrected chi connectivity index (χ3v) is 4.07. The third-order valence-electron chi connectivity index (χ3n) is 3.31. The smallest absolute Gasteiger partial charge is 0.261 e. The number of hydrogen-bond donors (Lipinski definition) is 2. The standard InChI is InChI=1S/C17H18INO2/c18-12-7-13-19-16(20)17(21,14-8-3-1-4-9-14)15-10-5-2-6-11-15/h1-6,8-11,21H,7,12-13H2,(H,19,20). The van der Waals surface area contributed by atoms with E-state index in [0.717, 1.165) is 10.8 Å². The Morgan fingerprint density at radius 3 is 1.90 bits per heavy atom. The molecule has 0 aliphatic rings. The summed E-state index contributed by atoms with van der Waals surface area (Å²) < 4.78 is 0.965. The molecule has 2 aromatic carbocycles. The van der Waals surface area contributed by atoms with Crippen molar-refractivity contribution in [1.29, 1.82) is 0 Å². The number of carbonyl (C=O) groups excluding carboxylic acids is 1. The van der Waals surface area contributed by atoms with Gasteiger partial charge in [0.2, 0.25) is 0 Å². The van der Waals surface area contributed by atoms with Crippen molar-refractivity contribution in [2.45, 2.75) is 12.0 Å². The number of benzene rings is 2. The van der Waals surface area contributed by atoms with E-state index in [1.165, 1.54) is 0 Å². The Hall–Kier alpha value is -1.40. The molecule has 110 valence electrons. The molecule has 4 heteroatoms. The summed E-state index contributed by atoms with van der Waals surface area (Å²) in [6, 6.07) is 18.1. The van der Waals surface area contributed by atoms with Crippen molar-refractivity contribution in [2.75, 3.05) is 11.0 Å². The van der Waals surface area contributed by atoms with E-state index < -0.39 is 5.60 Å². The fourth-order valence-electron chi connectivity index (χ4n) is 2.18. The molecule has 0 atom stereocenters. The van der Waals surface area contributed by atoms with Crippen molar-refractivity contribution >= 4 is 28.5 Å². The van der Waals surface area contributed by atoms with Gasteiger partial charge in [0.05, 0.1) is 0 Å². The Labute approximate surface area is 138 Å². The molecule has 0 fully saturated rings. The molecule has 3 nitrogen and oxygen atoms in total. The van der Waals surface area contributed by atoms with Crippen LogP contribution in [0, 0.1) is 0 Å². The highest BCUT2D eigenvalue weighted by molar-refractivity contribution is 14.1. The van der Waals surface area contributed by atoms with Gasteiger partial charge < -0.3 is 10.4 Å². The van der Waals surface area contributed by atoms with Crippen LogP contribution < -0.4 is 5.32 Å². The van der Waals surface area contributed by atoms with Gasteiger partial charge in [0.1, 0.15) is 0 Å². The second-order valence-electron chi connectivity index (χ2n) is 4.74. The molecule has 0 unspecified atom stereocenters. The summed E-state index contributed by atoms with van der Waals surface area (Å²) in [5, 5.41) is 13.9. The first kappa shape index (κ1) is 16.0. The van der Waals surface area contributed by atoms with Crippen LogP contribution >= 0.6 is 22.6 Å². The monoisotopic (exact) mass is 395 g/mol. The zero-order chi connectivity index (χ0) is 15.1. The van der Waals surface area contributed by atoms with Crippen LogP contribution in [0.5, 0.6) is 0 Å². The lowest BCUT2D eigenvalue weighted by Gasteiger charge is -2.28. The van der Waals surface area contributed by atoms with E-state index in [-0.39, 0.29) is 5.91 Å². The molecular formula is C17H18INO2. The number of carbonyl (C=O) groups is 1. The fraction of sp³-hybridized carbons (Fsp3) is 0.235. The van der Waals surface area contributed by atoms with Crippen LogP contribution in [0.1, 0.15) is 17.5 Å². The van der Waals surface area contributed by atoms with Crippen molar-refractivity contribution in [3.05, 3.63) is 71.8 Å². The number of rotatable bonds is 6. The second kappa shape index (κ2) is 7.56. The van der Waals surface area contributed by atoms with E-state index in [4.69, 9.17) is 0 Å². The minimum Gasteiger partial charge on any atom is -0.372 e. The molecule has 21 heavy (non-hydrogen) atoms. The van der Waals surface area contributed by atoms with Gasteiger partial charge in [0.15, 0.2) is 5.60 Å². The normalized spacial score (nSPS) is 11.1. The first-order chi connectivity index (χ1) is 10.2. The average molecular weight is 395 g/mol. The van der Waals surface area contributed by atoms with Gasteiger partial charge in [-0.15, -0.1) is 0 Å². The lowest BCUT2D eigenvalue weighted by Crippen LogP contribution is -2.45. The SMILES string of the molecule is O=C(NCCCI)C(O)(c1ccccc1)c1ccccc1. The summed E-state index contributed by atoms with van der Waals surface area (Å²) in [6.07, 6.45) is 0.881. The largest absolute Gasteiger partial charge is 0.372 e. The molecule has 0 heterocycles. The number of alkyl halides is 1. The molecule has 0 aliphatic carbocycles. The van der Waals surface area contributed by atoms with Gasteiger partial charge in [-0.1, -0.05) is 83.3 Å². The molecular weight excluding hydrogens is 377 g/mol. The molecule has 0 spiro atoms. The minimum absolute atomic E-state index is 0.384. The molecule has 0 aromatic heterocycles. The average Bonchev–Trinajstić information content (AvgIpc) is 2.56. The van der Waals surface area contributed by atoms with Crippen molar-refractivity contribution in [2.24, 2.45) is 0 Å². The Kier molecular flexibility index (Phi) is 5.76. The Morgan fingerprint density at radius 2 is 1.48 bits per heavy atom. The highest BCUT2D eigenvalue weighted by atomic mass is 127. The van der Waals surface area contributed by atoms with Crippen LogP contribution in [0.3, 0.4) is 0 Å². The minimum atomic E-state index is -1.66. The summed E-state index contributed by atoms with van der Waals surface area (Å²) in [4.78, 5) is 12.6. The van der Waals surface area contributed by atoms with E-state index in [9.17, 15) is 9.90 Å². The second-order valence-corrected chi connectivity index (χ2v) is 5.82. The van der Waals surface area contributed by atoms with E-state index in [2.05, 4.69) is 27.9 Å². The van der Waals surface area contributed by atoms with Gasteiger partial charge in [-0.05, 0) is 17.5 Å². The molecule has 0 saturated heterocycles. The number of hydrogen-bond acceptors (Lipinski definition) is 2. The van der Waals surface area contributed by atoms with Crippen LogP contribution in [0.2, 0.25) is 0 Å². The summed E-state index contributed by atoms with van der Waals surface area (Å²) in [5.74, 6) is -0.384. The van der Waals surface area contributed by atoms with Gasteiger partial charge in [0, 0.05) is 11.0 Å². The lowest BCUT2D eigenvalue weighted by molar-refractivity contribution is -0.136. The maximum atomic E-state index is 12.6. The van der Waals surface area contributed by atoms with Gasteiger partial charge in [-0.3, -0.25) is 4.79 Å². The molecule has 0 radical (unpaired) electrons. The molecule has 2 aromatic rings. The predicted molar refractivity (Wildman–Crippen MR) is 92.4 cm³/mol. The van der Waals surface area contributed by atoms with Gasteiger partial charge >= 0.3 is 0 Å². The Morgan fingerprint density at radius 1 is 1.00 bits per heavy atom. The van der Waals surface area contributed by atoms with Crippen molar-refractivity contribution < 1.29 is 9.90 Å². The summed E-state index contributed by atoms with van der Waals surface area (Å²) >= 11 is 2.26. The molecule has 0 bridgehead atoms. The van der Waals surface area contributed by atoms with Gasteiger partial charge in [-0.2, -0.15) is 0 Å². The fourth-order valence-corrected chi connectivity index (χ4v) is 2.57. The number of halogens is 1. The molecule has 2 N–H and O–H groups in total. The Balaban J connectivity index is 2.38. The van der Waals surface area contributed by atoms with E-state index in [0.29, 0.717) is 17.7 Å². The number of amides is 1. The van der Waals surface area contributed by atoms with Crippen molar-refractivity contribution in [3.8, 4) is 0 Å². The van der Waals surface area contributed by atoms with Crippen LogP contribution in [0.4, 0.5) is 0 Å². The van der Waals surface area contributed by atoms with Crippen LogP contribution in [0.15, 0.2) is 60.7 Å². The Bertz CT molecular complexity index is 532. The van der Waals surface area contributed by atoms with Crippen molar-refractivity contribution in [1.82, 2.24) is 5.32 Å². The highest BCUT2D eigenvalue weighted by Crippen LogP contribution is 2.29. The lowest BCUT2D eigenvalue weighted by atomic mass is 9.85. The maximum Gasteiger partial charge on any atom is 0.261 e. The molecule has 1 amide bonds. The topological polar surface area (TPSA) is 49.3 Å². The maximum absolute atomic E-state index is 12.6. The van der Waals surface area contributed by atoms with E-state index in [1.54, 1.807) is 24.3 Å². The molecule has 2 rings (SSSR count). The first-order valence-corrected chi connectivity index (χ1v) is 8.40. The van der Waals surface area contributed by atoms with Crippen LogP contribution in [-0.2, 0) is 10.4 Å². The zero-order valence-corrected chi connectivity index (χ0v) is 13.8. The zero-order valence-electron chi connectivity index (χ0n) is 11.6. The predicted octanol–water partition coefficient (Wildman–Crippen LogP) is 2.86. The number of aliphatic hydroxyl groups is 1. The van der Waals surface area contributed by atoms with Crippen LogP contribution in [0.25, 0.3) is 0 Å². The first-order valence-electron chi connectivity index (χ1n) is 6.87. The summed E-state index contributed by atoms with van der Waals surface area (Å²) in [6.45, 7) is 0.559. The van der Waals surface area contributed by atoms with Crippen molar-refractivity contribution in [3.63, 3.8) is 0 Å². The van der Waals surface area contributed by atoms with E-state index in [1.807, 2.05) is 36.4 Å².